The molecule has 7 nitrogen and oxygen atoms in total. The third-order valence-electron chi connectivity index (χ3n) is 4.16. The molecule has 0 aliphatic carbocycles. The van der Waals surface area contributed by atoms with Crippen molar-refractivity contribution in [2.75, 3.05) is 31.3 Å². The fourth-order valence-corrected chi connectivity index (χ4v) is 2.84. The van der Waals surface area contributed by atoms with Gasteiger partial charge < -0.3 is 19.6 Å². The van der Waals surface area contributed by atoms with Crippen LogP contribution in [0.1, 0.15) is 34.1 Å². The molecule has 25 heavy (non-hydrogen) atoms. The quantitative estimate of drug-likeness (QED) is 0.513. The van der Waals surface area contributed by atoms with E-state index < -0.39 is 5.60 Å². The maximum atomic E-state index is 12.3. The highest BCUT2D eigenvalue weighted by molar-refractivity contribution is 5.69. The van der Waals surface area contributed by atoms with Crippen molar-refractivity contribution in [1.82, 2.24) is 9.88 Å². The van der Waals surface area contributed by atoms with Gasteiger partial charge in [0.2, 0.25) is 0 Å². The van der Waals surface area contributed by atoms with E-state index in [1.807, 2.05) is 32.9 Å². The highest BCUT2D eigenvalue weighted by Gasteiger charge is 2.31. The Hall–Kier alpha value is -2.15. The van der Waals surface area contributed by atoms with Crippen molar-refractivity contribution in [3.05, 3.63) is 18.3 Å². The van der Waals surface area contributed by atoms with E-state index in [-0.39, 0.29) is 18.9 Å². The number of aromatic nitrogens is 1. The first kappa shape index (κ1) is 19.2. The van der Waals surface area contributed by atoms with Crippen molar-refractivity contribution in [2.24, 2.45) is 0 Å². The van der Waals surface area contributed by atoms with Gasteiger partial charge in [-0.15, -0.1) is 0 Å². The van der Waals surface area contributed by atoms with Crippen LogP contribution in [0.25, 0.3) is 0 Å². The zero-order valence-electron chi connectivity index (χ0n) is 15.6. The van der Waals surface area contributed by atoms with Crippen molar-refractivity contribution in [3.8, 4) is 0 Å². The summed E-state index contributed by atoms with van der Waals surface area (Å²) in [5.74, 6) is 0.617. The molecule has 0 saturated carbocycles. The molecule has 7 heteroatoms. The molecule has 1 amide bonds. The number of anilines is 1. The van der Waals surface area contributed by atoms with Gasteiger partial charge in [0, 0.05) is 31.7 Å². The maximum absolute atomic E-state index is 12.3. The molecule has 1 N–H and O–H groups in total. The van der Waals surface area contributed by atoms with E-state index in [9.17, 15) is 4.79 Å². The van der Waals surface area contributed by atoms with Gasteiger partial charge in [-0.3, -0.25) is 0 Å². The molecule has 0 aromatic carbocycles. The van der Waals surface area contributed by atoms with E-state index >= 15 is 0 Å². The Labute approximate surface area is 149 Å². The zero-order chi connectivity index (χ0) is 18.6. The van der Waals surface area contributed by atoms with Crippen LogP contribution < -0.4 is 4.90 Å². The highest BCUT2D eigenvalue weighted by atomic mass is 16.6. The fourth-order valence-electron chi connectivity index (χ4n) is 2.84. The molecule has 0 spiro atoms. The molecule has 0 bridgehead atoms. The number of piperazine rings is 1. The van der Waals surface area contributed by atoms with E-state index in [0.29, 0.717) is 18.9 Å². The summed E-state index contributed by atoms with van der Waals surface area (Å²) in [7, 11) is 0. The molecule has 1 atom stereocenters. The highest BCUT2D eigenvalue weighted by Crippen LogP contribution is 2.24. The van der Waals surface area contributed by atoms with Gasteiger partial charge in [0.25, 0.3) is 0 Å². The number of amides is 1. The molecule has 1 fully saturated rings. The summed E-state index contributed by atoms with van der Waals surface area (Å²) in [6, 6.07) is 4.02. The van der Waals surface area contributed by atoms with Crippen LogP contribution in [0.4, 0.5) is 16.3 Å². The lowest BCUT2D eigenvalue weighted by atomic mass is 10.1. The van der Waals surface area contributed by atoms with Gasteiger partial charge in [-0.05, 0) is 38.2 Å². The number of hydrogen-bond acceptors (Lipinski definition) is 5. The van der Waals surface area contributed by atoms with Gasteiger partial charge in [-0.25, -0.2) is 9.37 Å². The first-order valence-electron chi connectivity index (χ1n) is 8.64. The molecule has 1 aromatic heterocycles. The Morgan fingerprint density at radius 3 is 2.68 bits per heavy atom. The van der Waals surface area contributed by atoms with Crippen LogP contribution in [0.3, 0.4) is 0 Å². The lowest BCUT2D eigenvalue weighted by Crippen LogP contribution is -2.55. The molecule has 0 radical (unpaired) electrons. The monoisotopic (exact) mass is 349 g/mol. The van der Waals surface area contributed by atoms with Gasteiger partial charge in [-0.2, -0.15) is 0 Å². The topological polar surface area (TPSA) is 68.9 Å². The summed E-state index contributed by atoms with van der Waals surface area (Å²) in [4.78, 5) is 20.7. The Bertz CT molecular complexity index is 610. The average Bonchev–Trinajstić information content (AvgIpc) is 2.59. The normalized spacial score (nSPS) is 18.2. The third-order valence-corrected chi connectivity index (χ3v) is 4.16. The maximum Gasteiger partial charge on any atom is 0.410 e. The van der Waals surface area contributed by atoms with Crippen LogP contribution >= 0.6 is 0 Å². The second kappa shape index (κ2) is 7.82. The van der Waals surface area contributed by atoms with Crippen molar-refractivity contribution in [1.29, 1.82) is 0 Å². The summed E-state index contributed by atoms with van der Waals surface area (Å²) in [6.45, 7) is 13.3. The van der Waals surface area contributed by atoms with E-state index in [0.717, 1.165) is 18.7 Å². The van der Waals surface area contributed by atoms with E-state index in [1.54, 1.807) is 11.1 Å². The molecule has 0 unspecified atom stereocenters. The largest absolute Gasteiger partial charge is 0.444 e. The van der Waals surface area contributed by atoms with Crippen molar-refractivity contribution in [2.45, 2.75) is 45.8 Å². The molecule has 1 aliphatic rings. The minimum Gasteiger partial charge on any atom is -0.444 e. The van der Waals surface area contributed by atoms with E-state index in [2.05, 4.69) is 23.5 Å². The third kappa shape index (κ3) is 4.92. The molecule has 2 rings (SSSR count). The number of hydrogen-bond donors (Lipinski definition) is 1. The minimum absolute atomic E-state index is 0.182. The Kier molecular flexibility index (Phi) is 6.00. The number of rotatable bonds is 4. The predicted molar refractivity (Wildman–Crippen MR) is 97.6 cm³/mol. The van der Waals surface area contributed by atoms with Gasteiger partial charge in [-0.1, -0.05) is 6.92 Å². The summed E-state index contributed by atoms with van der Waals surface area (Å²) >= 11 is 0. The van der Waals surface area contributed by atoms with Gasteiger partial charge in [0.05, 0.1) is 12.4 Å². The Morgan fingerprint density at radius 2 is 2.16 bits per heavy atom. The number of pyridine rings is 1. The zero-order valence-corrected chi connectivity index (χ0v) is 15.6. The van der Waals surface area contributed by atoms with Crippen molar-refractivity contribution < 1.29 is 19.2 Å². The van der Waals surface area contributed by atoms with Gasteiger partial charge in [0.1, 0.15) is 5.60 Å². The lowest BCUT2D eigenvalue weighted by Gasteiger charge is -2.42. The first-order valence-corrected chi connectivity index (χ1v) is 8.64. The van der Waals surface area contributed by atoms with Gasteiger partial charge >= 0.3 is 11.9 Å². The summed E-state index contributed by atoms with van der Waals surface area (Å²) in [6.07, 6.45) is 2.45. The summed E-state index contributed by atoms with van der Waals surface area (Å²) in [5.41, 5.74) is 0.522. The molecule has 138 valence electrons. The number of carbonyl (C=O) groups is 1. The molecule has 2 heterocycles. The molecular weight excluding hydrogens is 320 g/mol. The van der Waals surface area contributed by atoms with Crippen LogP contribution in [0.15, 0.2) is 18.3 Å². The van der Waals surface area contributed by atoms with Crippen LogP contribution in [0, 0.1) is 0 Å². The number of aliphatic hydroxyl groups excluding tert-OH is 1. The molecule has 1 aromatic rings. The van der Waals surface area contributed by atoms with E-state index in [1.165, 1.54) is 4.58 Å². The van der Waals surface area contributed by atoms with Crippen LogP contribution in [-0.2, 0) is 4.74 Å². The fraction of sp³-hybridized carbons (Fsp3) is 0.611. The first-order chi connectivity index (χ1) is 11.7. The Balaban J connectivity index is 2.07. The number of carbonyl (C=O) groups excluding carboxylic acids is 1. The molecular formula is C18H29N4O3+. The number of nitrogens with zero attached hydrogens (tertiary/aromatic N) is 4. The molecule has 1 aliphatic heterocycles. The van der Waals surface area contributed by atoms with Crippen LogP contribution in [0.2, 0.25) is 0 Å². The van der Waals surface area contributed by atoms with Crippen LogP contribution in [0.5, 0.6) is 0 Å². The van der Waals surface area contributed by atoms with Crippen LogP contribution in [-0.4, -0.2) is 70.4 Å². The smallest absolute Gasteiger partial charge is 0.410 e. The Morgan fingerprint density at radius 1 is 1.44 bits per heavy atom. The summed E-state index contributed by atoms with van der Waals surface area (Å²) in [5, 5.41) is 9.11. The minimum atomic E-state index is -0.484. The van der Waals surface area contributed by atoms with Crippen molar-refractivity contribution in [3.63, 3.8) is 0 Å². The lowest BCUT2D eigenvalue weighted by molar-refractivity contribution is -0.480. The standard InChI is InChI=1S/C18H29N4O3/c1-6-14-12-21(17(24)25-18(2,3)4)9-10-22(14)15-7-8-16(19-11-15)20(5)13-23/h7-8,11,14,23H,5-6,9-10,12-13H2,1-4H3/q+1/t14-/m0/s1. The number of ether oxygens (including phenoxy) is 1. The number of aliphatic hydroxyl groups is 1. The molecule has 1 saturated heterocycles. The predicted octanol–water partition coefficient (Wildman–Crippen LogP) is 2.21. The van der Waals surface area contributed by atoms with Gasteiger partial charge in [0.15, 0.2) is 12.9 Å². The summed E-state index contributed by atoms with van der Waals surface area (Å²) < 4.78 is 6.90. The SMILES string of the molecule is C=[N+](CO)c1ccc(N2CCN(C(=O)OC(C)(C)C)C[C@@H]2CC)cn1. The average molecular weight is 349 g/mol. The second-order valence-electron chi connectivity index (χ2n) is 7.24. The second-order valence-corrected chi connectivity index (χ2v) is 7.24. The van der Waals surface area contributed by atoms with E-state index in [4.69, 9.17) is 9.84 Å². The van der Waals surface area contributed by atoms with Crippen molar-refractivity contribution >= 4 is 24.3 Å².